The molecule has 0 aliphatic carbocycles. The van der Waals surface area contributed by atoms with Crippen molar-refractivity contribution >= 4 is 34.6 Å². The van der Waals surface area contributed by atoms with Gasteiger partial charge in [0.15, 0.2) is 5.11 Å². The van der Waals surface area contributed by atoms with Gasteiger partial charge in [0.05, 0.1) is 5.56 Å². The number of alkyl halides is 3. The van der Waals surface area contributed by atoms with E-state index in [1.807, 2.05) is 24.3 Å². The largest absolute Gasteiger partial charge is 0.418 e. The molecule has 3 rings (SSSR count). The zero-order chi connectivity index (χ0) is 21.7. The van der Waals surface area contributed by atoms with Gasteiger partial charge in [0.25, 0.3) is 0 Å². The van der Waals surface area contributed by atoms with Gasteiger partial charge in [0.1, 0.15) is 0 Å². The summed E-state index contributed by atoms with van der Waals surface area (Å²) in [7, 11) is 0. The van der Waals surface area contributed by atoms with E-state index in [0.717, 1.165) is 12.1 Å². The molecule has 4 N–H and O–H groups in total. The maximum atomic E-state index is 13.7. The van der Waals surface area contributed by atoms with E-state index >= 15 is 0 Å². The monoisotopic (exact) mass is 457 g/mol. The van der Waals surface area contributed by atoms with Crippen molar-refractivity contribution < 1.29 is 13.2 Å². The second-order valence-corrected chi connectivity index (χ2v) is 7.96. The van der Waals surface area contributed by atoms with Crippen molar-refractivity contribution in [3.05, 3.63) is 64.2 Å². The molecule has 5 nitrogen and oxygen atoms in total. The first-order chi connectivity index (χ1) is 14.2. The predicted molar refractivity (Wildman–Crippen MR) is 117 cm³/mol. The maximum Gasteiger partial charge on any atom is 0.418 e. The Bertz CT molecular complexity index is 885. The Labute approximate surface area is 183 Å². The summed E-state index contributed by atoms with van der Waals surface area (Å²) >= 11 is 10.7. The number of thiocarbonyl (C=S) groups is 1. The zero-order valence-corrected chi connectivity index (χ0v) is 17.7. The lowest BCUT2D eigenvalue weighted by Gasteiger charge is -2.37. The third-order valence-corrected chi connectivity index (χ3v) is 5.22. The normalized spacial score (nSPS) is 15.3. The second kappa shape index (κ2) is 9.82. The molecule has 0 unspecified atom stereocenters. The van der Waals surface area contributed by atoms with Crippen molar-refractivity contribution in [2.75, 3.05) is 31.1 Å². The number of rotatable bonds is 6. The summed E-state index contributed by atoms with van der Waals surface area (Å²) in [6.45, 7) is 3.26. The molecule has 1 heterocycles. The number of halogens is 4. The SMILES string of the molecule is NC(=S)NNCc1ccc(N2CCN(Cc3cccc(Cl)c3)CC2)c(C(F)(F)F)c1. The number of nitrogens with zero attached hydrogens (tertiary/aromatic N) is 2. The minimum Gasteiger partial charge on any atom is -0.375 e. The van der Waals surface area contributed by atoms with Gasteiger partial charge in [-0.3, -0.25) is 10.3 Å². The topological polar surface area (TPSA) is 56.6 Å². The van der Waals surface area contributed by atoms with Crippen molar-refractivity contribution in [2.45, 2.75) is 19.3 Å². The highest BCUT2D eigenvalue weighted by atomic mass is 35.5. The van der Waals surface area contributed by atoms with Gasteiger partial charge in [-0.2, -0.15) is 13.2 Å². The number of hydrogen-bond acceptors (Lipinski definition) is 4. The lowest BCUT2D eigenvalue weighted by atomic mass is 10.1. The van der Waals surface area contributed by atoms with Gasteiger partial charge < -0.3 is 10.6 Å². The molecule has 10 heteroatoms. The van der Waals surface area contributed by atoms with Crippen LogP contribution in [0.4, 0.5) is 18.9 Å². The van der Waals surface area contributed by atoms with Crippen LogP contribution >= 0.6 is 23.8 Å². The Balaban J connectivity index is 1.67. The third kappa shape index (κ3) is 6.21. The highest BCUT2D eigenvalue weighted by Gasteiger charge is 2.35. The van der Waals surface area contributed by atoms with E-state index in [1.165, 1.54) is 12.1 Å². The number of benzene rings is 2. The molecule has 1 aliphatic heterocycles. The number of anilines is 1. The number of hydrazine groups is 1. The van der Waals surface area contributed by atoms with Gasteiger partial charge in [-0.1, -0.05) is 29.8 Å². The molecular formula is C20H23ClF3N5S. The van der Waals surface area contributed by atoms with Crippen LogP contribution in [0.15, 0.2) is 42.5 Å². The third-order valence-electron chi connectivity index (χ3n) is 4.88. The van der Waals surface area contributed by atoms with Gasteiger partial charge in [0.2, 0.25) is 0 Å². The fraction of sp³-hybridized carbons (Fsp3) is 0.350. The number of nitrogens with one attached hydrogen (secondary N) is 2. The highest BCUT2D eigenvalue weighted by molar-refractivity contribution is 7.80. The molecule has 1 aliphatic rings. The fourth-order valence-corrected chi connectivity index (χ4v) is 3.75. The van der Waals surface area contributed by atoms with E-state index in [2.05, 4.69) is 28.0 Å². The minimum atomic E-state index is -4.44. The summed E-state index contributed by atoms with van der Waals surface area (Å²) < 4.78 is 41.1. The van der Waals surface area contributed by atoms with Crippen molar-refractivity contribution in [3.63, 3.8) is 0 Å². The molecule has 1 saturated heterocycles. The maximum absolute atomic E-state index is 13.7. The summed E-state index contributed by atoms with van der Waals surface area (Å²) in [5, 5.41) is 0.706. The minimum absolute atomic E-state index is 0.0262. The van der Waals surface area contributed by atoms with Gasteiger partial charge >= 0.3 is 6.18 Å². The summed E-state index contributed by atoms with van der Waals surface area (Å²) in [4.78, 5) is 4.01. The quantitative estimate of drug-likeness (QED) is 0.456. The summed E-state index contributed by atoms with van der Waals surface area (Å²) in [5.41, 5.74) is 11.7. The van der Waals surface area contributed by atoms with Gasteiger partial charge in [-0.15, -0.1) is 0 Å². The van der Waals surface area contributed by atoms with Crippen molar-refractivity contribution in [3.8, 4) is 0 Å². The van der Waals surface area contributed by atoms with E-state index in [0.29, 0.717) is 36.8 Å². The Hall–Kier alpha value is -2.07. The molecule has 2 aromatic rings. The Morgan fingerprint density at radius 1 is 1.07 bits per heavy atom. The van der Waals surface area contributed by atoms with Crippen molar-refractivity contribution in [2.24, 2.45) is 5.73 Å². The van der Waals surface area contributed by atoms with Crippen LogP contribution in [0.2, 0.25) is 5.02 Å². The van der Waals surface area contributed by atoms with Crippen molar-refractivity contribution in [1.29, 1.82) is 0 Å². The molecule has 0 saturated carbocycles. The summed E-state index contributed by atoms with van der Waals surface area (Å²) in [6.07, 6.45) is -4.44. The van der Waals surface area contributed by atoms with Crippen LogP contribution in [0.25, 0.3) is 0 Å². The van der Waals surface area contributed by atoms with Crippen LogP contribution in [0.3, 0.4) is 0 Å². The van der Waals surface area contributed by atoms with Gasteiger partial charge in [-0.25, -0.2) is 5.43 Å². The van der Waals surface area contributed by atoms with Crippen LogP contribution < -0.4 is 21.5 Å². The number of hydrogen-bond donors (Lipinski definition) is 3. The predicted octanol–water partition coefficient (Wildman–Crippen LogP) is 3.52. The van der Waals surface area contributed by atoms with E-state index in [9.17, 15) is 13.2 Å². The molecule has 2 aromatic carbocycles. The molecule has 30 heavy (non-hydrogen) atoms. The molecule has 0 spiro atoms. The second-order valence-electron chi connectivity index (χ2n) is 7.09. The van der Waals surface area contributed by atoms with Crippen molar-refractivity contribution in [1.82, 2.24) is 15.8 Å². The van der Waals surface area contributed by atoms with Crippen LogP contribution in [0.1, 0.15) is 16.7 Å². The molecule has 1 fully saturated rings. The molecule has 0 bridgehead atoms. The van der Waals surface area contributed by atoms with Crippen LogP contribution in [-0.4, -0.2) is 36.2 Å². The molecule has 0 radical (unpaired) electrons. The zero-order valence-electron chi connectivity index (χ0n) is 16.2. The number of piperazine rings is 1. The Morgan fingerprint density at radius 3 is 2.43 bits per heavy atom. The first-order valence-corrected chi connectivity index (χ1v) is 10.2. The average Bonchev–Trinajstić information content (AvgIpc) is 2.68. The van der Waals surface area contributed by atoms with Crippen LogP contribution in [-0.2, 0) is 19.3 Å². The van der Waals surface area contributed by atoms with Crippen LogP contribution in [0, 0.1) is 0 Å². The van der Waals surface area contributed by atoms with Gasteiger partial charge in [-0.05, 0) is 47.6 Å². The standard InChI is InChI=1S/C20H23ClF3N5S/c21-16-3-1-2-15(10-16)13-28-6-8-29(9-7-28)18-5-4-14(12-26-27-19(25)30)11-17(18)20(22,23)24/h1-5,10-11,26H,6-9,12-13H2,(H3,25,27,30). The molecule has 0 aromatic heterocycles. The fourth-order valence-electron chi connectivity index (χ4n) is 3.47. The summed E-state index contributed by atoms with van der Waals surface area (Å²) in [6, 6.07) is 12.0. The Morgan fingerprint density at radius 2 is 1.80 bits per heavy atom. The van der Waals surface area contributed by atoms with Crippen LogP contribution in [0.5, 0.6) is 0 Å². The lowest BCUT2D eigenvalue weighted by Crippen LogP contribution is -2.46. The lowest BCUT2D eigenvalue weighted by molar-refractivity contribution is -0.137. The van der Waals surface area contributed by atoms with Gasteiger partial charge in [0, 0.05) is 50.0 Å². The van der Waals surface area contributed by atoms with E-state index < -0.39 is 11.7 Å². The molecule has 0 atom stereocenters. The molecule has 162 valence electrons. The van der Waals surface area contributed by atoms with E-state index in [1.54, 1.807) is 11.0 Å². The first-order valence-electron chi connectivity index (χ1n) is 9.42. The average molecular weight is 458 g/mol. The molecular weight excluding hydrogens is 435 g/mol. The highest BCUT2D eigenvalue weighted by Crippen LogP contribution is 2.37. The first kappa shape index (κ1) is 22.6. The molecule has 0 amide bonds. The smallest absolute Gasteiger partial charge is 0.375 e. The number of nitrogens with two attached hydrogens (primary N) is 1. The Kier molecular flexibility index (Phi) is 7.41. The summed E-state index contributed by atoms with van der Waals surface area (Å²) in [5.74, 6) is 0. The van der Waals surface area contributed by atoms with E-state index in [4.69, 9.17) is 17.3 Å². The van der Waals surface area contributed by atoms with E-state index in [-0.39, 0.29) is 17.3 Å².